The van der Waals surface area contributed by atoms with Crippen LogP contribution in [0, 0.1) is 12.7 Å². The molecule has 2 heterocycles. The van der Waals surface area contributed by atoms with Gasteiger partial charge in [-0.15, -0.1) is 0 Å². The molecule has 1 aromatic heterocycles. The van der Waals surface area contributed by atoms with Gasteiger partial charge in [0.15, 0.2) is 21.4 Å². The molecule has 40 heavy (non-hydrogen) atoms. The number of alkyl halides is 4. The summed E-state index contributed by atoms with van der Waals surface area (Å²) in [4.78, 5) is 21.9. The van der Waals surface area contributed by atoms with Crippen molar-refractivity contribution in [2.24, 2.45) is 0 Å². The van der Waals surface area contributed by atoms with Crippen molar-refractivity contribution >= 4 is 21.6 Å². The molecule has 1 unspecified atom stereocenters. The Kier molecular flexibility index (Phi) is 8.66. The van der Waals surface area contributed by atoms with E-state index in [0.717, 1.165) is 6.07 Å². The number of hydrogen-bond donors (Lipinski definition) is 2. The molecule has 4 rings (SSSR count). The number of benzene rings is 1. The van der Waals surface area contributed by atoms with Gasteiger partial charge in [0.25, 0.3) is 12.9 Å². The highest BCUT2D eigenvalue weighted by Gasteiger charge is 2.54. The van der Waals surface area contributed by atoms with Gasteiger partial charge in [0.05, 0.1) is 36.1 Å². The minimum absolute atomic E-state index is 0.00709. The minimum atomic E-state index is -4.30. The van der Waals surface area contributed by atoms with Gasteiger partial charge in [-0.1, -0.05) is 25.1 Å². The fourth-order valence-electron chi connectivity index (χ4n) is 4.49. The number of nitrogens with zero attached hydrogens (tertiary/aromatic N) is 2. The second-order valence-corrected chi connectivity index (χ2v) is 12.1. The van der Waals surface area contributed by atoms with Crippen LogP contribution < -0.4 is 10.6 Å². The van der Waals surface area contributed by atoms with Gasteiger partial charge in [-0.25, -0.2) is 40.3 Å². The summed E-state index contributed by atoms with van der Waals surface area (Å²) in [7, 11) is -4.30. The fourth-order valence-corrected chi connectivity index (χ4v) is 5.73. The first kappa shape index (κ1) is 30.1. The molecule has 2 aromatic rings. The van der Waals surface area contributed by atoms with Crippen molar-refractivity contribution in [3.8, 4) is 0 Å². The molecule has 2 aliphatic rings. The summed E-state index contributed by atoms with van der Waals surface area (Å²) in [5.74, 6) is -2.94. The molecule has 0 bridgehead atoms. The van der Waals surface area contributed by atoms with Crippen LogP contribution in [0.3, 0.4) is 0 Å². The third-order valence-corrected chi connectivity index (χ3v) is 8.84. The molecule has 9 nitrogen and oxygen atoms in total. The van der Waals surface area contributed by atoms with E-state index in [9.17, 15) is 35.2 Å². The minimum Gasteiger partial charge on any atom is -0.363 e. The lowest BCUT2D eigenvalue weighted by atomic mass is 10.0. The highest BCUT2D eigenvalue weighted by Crippen LogP contribution is 2.43. The normalized spacial score (nSPS) is 18.6. The fraction of sp³-hybridized carbons (Fsp3) is 0.560. The first-order chi connectivity index (χ1) is 18.8. The Hall–Kier alpha value is -2.91. The Morgan fingerprint density at radius 2 is 1.75 bits per heavy atom. The zero-order valence-electron chi connectivity index (χ0n) is 21.9. The Balaban J connectivity index is 1.83. The maximum atomic E-state index is 14.9. The first-order valence-electron chi connectivity index (χ1n) is 12.6. The van der Waals surface area contributed by atoms with Crippen molar-refractivity contribution in [2.75, 3.05) is 24.3 Å². The second kappa shape index (κ2) is 11.5. The van der Waals surface area contributed by atoms with Crippen LogP contribution in [-0.2, 0) is 24.1 Å². The molecule has 1 saturated heterocycles. The summed E-state index contributed by atoms with van der Waals surface area (Å²) in [6, 6.07) is 2.54. The van der Waals surface area contributed by atoms with Gasteiger partial charge in [0, 0.05) is 11.3 Å². The second-order valence-electron chi connectivity index (χ2n) is 9.69. The molecule has 0 radical (unpaired) electrons. The summed E-state index contributed by atoms with van der Waals surface area (Å²) < 4.78 is 106. The number of hydrogen-bond acceptors (Lipinski definition) is 8. The Labute approximate surface area is 227 Å². The van der Waals surface area contributed by atoms with Crippen LogP contribution in [0.15, 0.2) is 18.2 Å². The van der Waals surface area contributed by atoms with Crippen LogP contribution in [0.25, 0.3) is 0 Å². The van der Waals surface area contributed by atoms with E-state index in [2.05, 4.69) is 20.6 Å². The van der Waals surface area contributed by atoms with Crippen LogP contribution in [0.5, 0.6) is 0 Å². The van der Waals surface area contributed by atoms with E-state index in [0.29, 0.717) is 0 Å². The van der Waals surface area contributed by atoms with E-state index < -0.39 is 68.8 Å². The van der Waals surface area contributed by atoms with Gasteiger partial charge >= 0.3 is 0 Å². The molecule has 2 N–H and O–H groups in total. The standard InChI is InChI=1S/C25H29F5N4O5S/c1-4-40(36,37)19(22(35)34-25(8-9-25)24(29)30)18-16(23-38-10-11-39-23)21(33-13(3)32-18)31-12(2)14-6-5-7-15(17(14)26)20(27)28/h5-7,12,19-20,23-24H,4,8-11H2,1-3H3,(H,34,35)(H,31,32,33)/t12-,19?/m1/s1. The molecule has 2 fully saturated rings. The number of sulfone groups is 1. The molecule has 1 aliphatic carbocycles. The lowest BCUT2D eigenvalue weighted by Crippen LogP contribution is -2.46. The Morgan fingerprint density at radius 1 is 1.12 bits per heavy atom. The van der Waals surface area contributed by atoms with Crippen molar-refractivity contribution in [3.63, 3.8) is 0 Å². The molecule has 2 atom stereocenters. The number of aryl methyl sites for hydroxylation is 1. The number of amides is 1. The predicted molar refractivity (Wildman–Crippen MR) is 133 cm³/mol. The van der Waals surface area contributed by atoms with E-state index in [1.807, 2.05) is 0 Å². The van der Waals surface area contributed by atoms with Gasteiger partial charge in [0.1, 0.15) is 23.0 Å². The van der Waals surface area contributed by atoms with E-state index in [1.165, 1.54) is 32.9 Å². The summed E-state index contributed by atoms with van der Waals surface area (Å²) in [5, 5.41) is 3.07. The average Bonchev–Trinajstić information content (AvgIpc) is 3.46. The highest BCUT2D eigenvalue weighted by atomic mass is 32.2. The first-order valence-corrected chi connectivity index (χ1v) is 14.3. The summed E-state index contributed by atoms with van der Waals surface area (Å²) in [5.41, 5.74) is -3.20. The molecule has 15 heteroatoms. The third kappa shape index (κ3) is 5.91. The molecular weight excluding hydrogens is 563 g/mol. The molecule has 1 aromatic carbocycles. The Morgan fingerprint density at radius 3 is 2.30 bits per heavy atom. The molecule has 0 spiro atoms. The summed E-state index contributed by atoms with van der Waals surface area (Å²) in [6.07, 6.45) is -7.26. The molecular formula is C25H29F5N4O5S. The lowest BCUT2D eigenvalue weighted by Gasteiger charge is -2.26. The maximum Gasteiger partial charge on any atom is 0.266 e. The summed E-state index contributed by atoms with van der Waals surface area (Å²) >= 11 is 0. The number of nitrogens with one attached hydrogen (secondary N) is 2. The largest absolute Gasteiger partial charge is 0.363 e. The van der Waals surface area contributed by atoms with Gasteiger partial charge < -0.3 is 20.1 Å². The quantitative estimate of drug-likeness (QED) is 0.367. The summed E-state index contributed by atoms with van der Waals surface area (Å²) in [6.45, 7) is 4.38. The van der Waals surface area contributed by atoms with Crippen molar-refractivity contribution < 1.29 is 44.6 Å². The SMILES string of the molecule is CCS(=O)(=O)C(C(=O)NC1(C(F)F)CC1)c1nc(C)nc(N[C@H](C)c2cccc(C(F)F)c2F)c1C1OCCO1. The third-order valence-electron chi connectivity index (χ3n) is 6.88. The van der Waals surface area contributed by atoms with Gasteiger partial charge in [-0.3, -0.25) is 4.79 Å². The average molecular weight is 593 g/mol. The van der Waals surface area contributed by atoms with Crippen LogP contribution in [-0.4, -0.2) is 55.2 Å². The van der Waals surface area contributed by atoms with Crippen LogP contribution in [0.1, 0.15) is 78.9 Å². The van der Waals surface area contributed by atoms with Crippen molar-refractivity contribution in [1.29, 1.82) is 0 Å². The molecule has 1 saturated carbocycles. The van der Waals surface area contributed by atoms with E-state index in [4.69, 9.17) is 9.47 Å². The van der Waals surface area contributed by atoms with Crippen LogP contribution in [0.2, 0.25) is 0 Å². The molecule has 1 aliphatic heterocycles. The highest BCUT2D eigenvalue weighted by molar-refractivity contribution is 7.92. The monoisotopic (exact) mass is 592 g/mol. The predicted octanol–water partition coefficient (Wildman–Crippen LogP) is 4.47. The number of ether oxygens (including phenoxy) is 2. The topological polar surface area (TPSA) is 120 Å². The Bertz CT molecular complexity index is 1370. The van der Waals surface area contributed by atoms with Crippen molar-refractivity contribution in [2.45, 2.75) is 69.6 Å². The van der Waals surface area contributed by atoms with Crippen LogP contribution in [0.4, 0.5) is 27.8 Å². The zero-order chi connectivity index (χ0) is 29.4. The zero-order valence-corrected chi connectivity index (χ0v) is 22.7. The van der Waals surface area contributed by atoms with Gasteiger partial charge in [-0.05, 0) is 26.7 Å². The molecule has 220 valence electrons. The van der Waals surface area contributed by atoms with Gasteiger partial charge in [0.2, 0.25) is 5.91 Å². The van der Waals surface area contributed by atoms with E-state index in [-0.39, 0.29) is 54.5 Å². The number of aromatic nitrogens is 2. The lowest BCUT2D eigenvalue weighted by molar-refractivity contribution is -0.123. The number of anilines is 1. The van der Waals surface area contributed by atoms with E-state index in [1.54, 1.807) is 0 Å². The number of carbonyl (C=O) groups is 1. The van der Waals surface area contributed by atoms with E-state index >= 15 is 0 Å². The number of halogens is 5. The van der Waals surface area contributed by atoms with Crippen molar-refractivity contribution in [1.82, 2.24) is 15.3 Å². The number of carbonyl (C=O) groups excluding carboxylic acids is 1. The molecule has 1 amide bonds. The smallest absolute Gasteiger partial charge is 0.266 e. The van der Waals surface area contributed by atoms with Gasteiger partial charge in [-0.2, -0.15) is 0 Å². The van der Waals surface area contributed by atoms with Crippen molar-refractivity contribution in [3.05, 3.63) is 52.2 Å². The maximum absolute atomic E-state index is 14.9. The van der Waals surface area contributed by atoms with Crippen LogP contribution >= 0.6 is 0 Å². The number of rotatable bonds is 11.